The van der Waals surface area contributed by atoms with Crippen molar-refractivity contribution < 1.29 is 4.79 Å². The van der Waals surface area contributed by atoms with Gasteiger partial charge >= 0.3 is 0 Å². The lowest BCUT2D eigenvalue weighted by molar-refractivity contribution is 0.0595. The van der Waals surface area contributed by atoms with E-state index in [2.05, 4.69) is 46.2 Å². The largest absolute Gasteiger partial charge is 0.336 e. The number of imidazole rings is 1. The van der Waals surface area contributed by atoms with Gasteiger partial charge in [-0.3, -0.25) is 14.1 Å². The first-order valence-corrected chi connectivity index (χ1v) is 9.46. The van der Waals surface area contributed by atoms with Gasteiger partial charge in [0, 0.05) is 38.1 Å². The van der Waals surface area contributed by atoms with E-state index in [1.807, 2.05) is 30.2 Å². The highest BCUT2D eigenvalue weighted by atomic mass is 16.2. The van der Waals surface area contributed by atoms with Crippen molar-refractivity contribution in [2.75, 3.05) is 20.1 Å². The lowest BCUT2D eigenvalue weighted by Crippen LogP contribution is -2.48. The highest BCUT2D eigenvalue weighted by molar-refractivity contribution is 5.94. The van der Waals surface area contributed by atoms with Gasteiger partial charge in [-0.1, -0.05) is 30.3 Å². The van der Waals surface area contributed by atoms with Crippen LogP contribution in [-0.4, -0.2) is 56.3 Å². The zero-order valence-corrected chi connectivity index (χ0v) is 15.9. The summed E-state index contributed by atoms with van der Waals surface area (Å²) in [5.74, 6) is 0.624. The molecular formula is C21H25N5O. The molecule has 0 unspecified atom stereocenters. The molecule has 1 aliphatic heterocycles. The zero-order valence-electron chi connectivity index (χ0n) is 15.9. The van der Waals surface area contributed by atoms with Crippen LogP contribution in [0.15, 0.2) is 48.8 Å². The number of likely N-dealkylation sites (tertiary alicyclic amines) is 1. The van der Waals surface area contributed by atoms with Crippen molar-refractivity contribution >= 4 is 11.7 Å². The Morgan fingerprint density at radius 2 is 2.07 bits per heavy atom. The second kappa shape index (κ2) is 7.48. The molecule has 1 fully saturated rings. The third kappa shape index (κ3) is 3.57. The lowest BCUT2D eigenvalue weighted by atomic mass is 10.0. The van der Waals surface area contributed by atoms with Gasteiger partial charge in [-0.15, -0.1) is 0 Å². The summed E-state index contributed by atoms with van der Waals surface area (Å²) in [5, 5.41) is 0. The van der Waals surface area contributed by atoms with E-state index in [-0.39, 0.29) is 5.91 Å². The first-order chi connectivity index (χ1) is 13.1. The highest BCUT2D eigenvalue weighted by Gasteiger charge is 2.29. The topological polar surface area (TPSA) is 53.7 Å². The van der Waals surface area contributed by atoms with Crippen LogP contribution in [0.4, 0.5) is 0 Å². The Morgan fingerprint density at radius 1 is 1.26 bits per heavy atom. The van der Waals surface area contributed by atoms with E-state index in [0.29, 0.717) is 17.5 Å². The van der Waals surface area contributed by atoms with E-state index in [9.17, 15) is 4.79 Å². The van der Waals surface area contributed by atoms with Gasteiger partial charge in [0.2, 0.25) is 5.78 Å². The predicted molar refractivity (Wildman–Crippen MR) is 105 cm³/mol. The van der Waals surface area contributed by atoms with Crippen LogP contribution in [0.25, 0.3) is 5.78 Å². The number of aryl methyl sites for hydroxylation is 1. The van der Waals surface area contributed by atoms with Gasteiger partial charge in [0.1, 0.15) is 5.69 Å². The van der Waals surface area contributed by atoms with Crippen LogP contribution in [-0.2, 0) is 6.54 Å². The molecule has 1 saturated heterocycles. The number of carbonyl (C=O) groups excluding carboxylic acids is 1. The van der Waals surface area contributed by atoms with E-state index in [0.717, 1.165) is 38.2 Å². The number of piperidine rings is 1. The van der Waals surface area contributed by atoms with Gasteiger partial charge in [-0.25, -0.2) is 9.97 Å². The molecule has 3 aromatic rings. The van der Waals surface area contributed by atoms with Crippen molar-refractivity contribution in [3.8, 4) is 0 Å². The van der Waals surface area contributed by atoms with Gasteiger partial charge < -0.3 is 4.90 Å². The van der Waals surface area contributed by atoms with Crippen LogP contribution < -0.4 is 0 Å². The van der Waals surface area contributed by atoms with E-state index < -0.39 is 0 Å². The first-order valence-electron chi connectivity index (χ1n) is 9.46. The fourth-order valence-electron chi connectivity index (χ4n) is 3.90. The molecule has 27 heavy (non-hydrogen) atoms. The zero-order chi connectivity index (χ0) is 18.8. The van der Waals surface area contributed by atoms with Crippen LogP contribution in [0.3, 0.4) is 0 Å². The van der Waals surface area contributed by atoms with Crippen molar-refractivity contribution in [3.05, 3.63) is 65.7 Å². The van der Waals surface area contributed by atoms with Crippen molar-refractivity contribution in [3.63, 3.8) is 0 Å². The molecule has 4 rings (SSSR count). The number of amides is 1. The highest BCUT2D eigenvalue weighted by Crippen LogP contribution is 2.20. The maximum absolute atomic E-state index is 13.2. The van der Waals surface area contributed by atoms with Crippen LogP contribution in [0.5, 0.6) is 0 Å². The fourth-order valence-corrected chi connectivity index (χ4v) is 3.90. The Labute approximate surface area is 159 Å². The van der Waals surface area contributed by atoms with Gasteiger partial charge in [-0.05, 0) is 38.4 Å². The lowest BCUT2D eigenvalue weighted by Gasteiger charge is -2.37. The third-order valence-electron chi connectivity index (χ3n) is 5.36. The first kappa shape index (κ1) is 17.7. The Balaban J connectivity index is 1.50. The van der Waals surface area contributed by atoms with Crippen LogP contribution in [0.1, 0.15) is 34.6 Å². The molecule has 0 aliphatic carbocycles. The predicted octanol–water partition coefficient (Wildman–Crippen LogP) is 2.77. The molecule has 0 bridgehead atoms. The number of benzene rings is 1. The summed E-state index contributed by atoms with van der Waals surface area (Å²) in [4.78, 5) is 26.3. The van der Waals surface area contributed by atoms with Crippen molar-refractivity contribution in [1.82, 2.24) is 24.2 Å². The summed E-state index contributed by atoms with van der Waals surface area (Å²) < 4.78 is 1.80. The Hall–Kier alpha value is -2.73. The molecule has 1 aromatic carbocycles. The standard InChI is InChI=1S/C21H25N5O/c1-16-19(26-13-7-11-22-21(26)23-16)20(27)25-12-6-10-18(15-25)24(2)14-17-8-4-3-5-9-17/h3-5,7-9,11,13,18H,6,10,12,14-15H2,1-2H3/t18-/m1/s1. The van der Waals surface area contributed by atoms with Crippen molar-refractivity contribution in [1.29, 1.82) is 0 Å². The smallest absolute Gasteiger partial charge is 0.272 e. The van der Waals surface area contributed by atoms with E-state index in [1.165, 1.54) is 5.56 Å². The summed E-state index contributed by atoms with van der Waals surface area (Å²) in [6, 6.07) is 12.7. The molecule has 1 aliphatic rings. The van der Waals surface area contributed by atoms with E-state index >= 15 is 0 Å². The summed E-state index contributed by atoms with van der Waals surface area (Å²) in [7, 11) is 2.15. The Bertz CT molecular complexity index is 936. The molecule has 2 aromatic heterocycles. The second-order valence-electron chi connectivity index (χ2n) is 7.28. The summed E-state index contributed by atoms with van der Waals surface area (Å²) in [5.41, 5.74) is 2.66. The number of nitrogens with zero attached hydrogens (tertiary/aromatic N) is 5. The number of hydrogen-bond donors (Lipinski definition) is 0. The minimum atomic E-state index is 0.0470. The normalized spacial score (nSPS) is 17.6. The number of likely N-dealkylation sites (N-methyl/N-ethyl adjacent to an activating group) is 1. The quantitative estimate of drug-likeness (QED) is 0.715. The van der Waals surface area contributed by atoms with Gasteiger partial charge in [0.15, 0.2) is 0 Å². The maximum Gasteiger partial charge on any atom is 0.272 e. The molecule has 0 spiro atoms. The Kier molecular flexibility index (Phi) is 4.90. The molecule has 6 nitrogen and oxygen atoms in total. The number of aromatic nitrogens is 3. The van der Waals surface area contributed by atoms with Crippen LogP contribution in [0.2, 0.25) is 0 Å². The molecule has 1 amide bonds. The molecule has 0 radical (unpaired) electrons. The number of hydrogen-bond acceptors (Lipinski definition) is 4. The molecule has 1 atom stereocenters. The minimum Gasteiger partial charge on any atom is -0.336 e. The second-order valence-corrected chi connectivity index (χ2v) is 7.28. The Morgan fingerprint density at radius 3 is 2.89 bits per heavy atom. The SMILES string of the molecule is Cc1nc2ncccn2c1C(=O)N1CCC[C@@H](N(C)Cc2ccccc2)C1. The van der Waals surface area contributed by atoms with Crippen molar-refractivity contribution in [2.45, 2.75) is 32.4 Å². The maximum atomic E-state index is 13.2. The van der Waals surface area contributed by atoms with Crippen molar-refractivity contribution in [2.24, 2.45) is 0 Å². The summed E-state index contributed by atoms with van der Waals surface area (Å²) in [6.45, 7) is 4.31. The van der Waals surface area contributed by atoms with E-state index in [4.69, 9.17) is 0 Å². The van der Waals surface area contributed by atoms with Gasteiger partial charge in [-0.2, -0.15) is 0 Å². The monoisotopic (exact) mass is 363 g/mol. The van der Waals surface area contributed by atoms with Crippen LogP contribution >= 0.6 is 0 Å². The van der Waals surface area contributed by atoms with Gasteiger partial charge in [0.25, 0.3) is 5.91 Å². The molecule has 0 N–H and O–H groups in total. The number of carbonyl (C=O) groups is 1. The molecule has 140 valence electrons. The average Bonchev–Trinajstić information content (AvgIpc) is 3.04. The minimum absolute atomic E-state index is 0.0470. The summed E-state index contributed by atoms with van der Waals surface area (Å²) in [6.07, 6.45) is 5.69. The average molecular weight is 363 g/mol. The molecular weight excluding hydrogens is 338 g/mol. The number of fused-ring (bicyclic) bond motifs is 1. The fraction of sp³-hybridized carbons (Fsp3) is 0.381. The summed E-state index contributed by atoms with van der Waals surface area (Å²) >= 11 is 0. The van der Waals surface area contributed by atoms with Crippen LogP contribution in [0, 0.1) is 6.92 Å². The molecule has 3 heterocycles. The molecule has 0 saturated carbocycles. The number of rotatable bonds is 4. The molecule has 6 heteroatoms. The third-order valence-corrected chi connectivity index (χ3v) is 5.36. The van der Waals surface area contributed by atoms with E-state index in [1.54, 1.807) is 10.6 Å². The van der Waals surface area contributed by atoms with Gasteiger partial charge in [0.05, 0.1) is 5.69 Å².